The number of aromatic nitrogens is 2. The maximum atomic E-state index is 11.9. The third-order valence-corrected chi connectivity index (χ3v) is 4.25. The molecule has 104 valence electrons. The van der Waals surface area contributed by atoms with E-state index in [0.717, 1.165) is 25.3 Å². The first-order valence-corrected chi connectivity index (χ1v) is 7.87. The number of thioether (sulfide) groups is 1. The molecular weight excluding hydrogens is 260 g/mol. The van der Waals surface area contributed by atoms with Gasteiger partial charge in [0.25, 0.3) is 5.91 Å². The van der Waals surface area contributed by atoms with Gasteiger partial charge in [0.1, 0.15) is 11.5 Å². The van der Waals surface area contributed by atoms with Crippen molar-refractivity contribution in [1.29, 1.82) is 0 Å². The quantitative estimate of drug-likeness (QED) is 0.831. The van der Waals surface area contributed by atoms with Gasteiger partial charge in [0, 0.05) is 13.1 Å². The Hall–Kier alpha value is -1.30. The number of nitrogens with zero attached hydrogens (tertiary/aromatic N) is 2. The molecule has 1 unspecified atom stereocenters. The SMILES string of the molecule is CCCNc1cnc(C(=O)NCC2CCSC2)cn1. The maximum absolute atomic E-state index is 11.9. The second-order valence-corrected chi connectivity index (χ2v) is 5.80. The van der Waals surface area contributed by atoms with Crippen molar-refractivity contribution in [3.63, 3.8) is 0 Å². The zero-order valence-electron chi connectivity index (χ0n) is 11.2. The van der Waals surface area contributed by atoms with Gasteiger partial charge in [0.05, 0.1) is 12.4 Å². The predicted molar refractivity (Wildman–Crippen MR) is 78.6 cm³/mol. The molecule has 0 radical (unpaired) electrons. The predicted octanol–water partition coefficient (Wildman–Crippen LogP) is 1.78. The lowest BCUT2D eigenvalue weighted by atomic mass is 10.1. The number of carbonyl (C=O) groups is 1. The molecule has 0 bridgehead atoms. The van der Waals surface area contributed by atoms with Crippen molar-refractivity contribution in [2.24, 2.45) is 5.92 Å². The lowest BCUT2D eigenvalue weighted by Crippen LogP contribution is -2.30. The fourth-order valence-electron chi connectivity index (χ4n) is 1.86. The molecule has 1 aromatic rings. The molecule has 6 heteroatoms. The Bertz CT molecular complexity index is 404. The number of amides is 1. The van der Waals surface area contributed by atoms with Crippen molar-refractivity contribution in [3.8, 4) is 0 Å². The van der Waals surface area contributed by atoms with E-state index in [0.29, 0.717) is 17.4 Å². The van der Waals surface area contributed by atoms with Crippen LogP contribution in [0.15, 0.2) is 12.4 Å². The van der Waals surface area contributed by atoms with Gasteiger partial charge in [-0.3, -0.25) is 4.79 Å². The van der Waals surface area contributed by atoms with Gasteiger partial charge in [0.15, 0.2) is 0 Å². The summed E-state index contributed by atoms with van der Waals surface area (Å²) in [6.45, 7) is 3.69. The minimum Gasteiger partial charge on any atom is -0.369 e. The van der Waals surface area contributed by atoms with Crippen LogP contribution >= 0.6 is 11.8 Å². The van der Waals surface area contributed by atoms with Crippen molar-refractivity contribution < 1.29 is 4.79 Å². The molecule has 1 aromatic heterocycles. The summed E-state index contributed by atoms with van der Waals surface area (Å²) in [4.78, 5) is 20.2. The van der Waals surface area contributed by atoms with E-state index in [4.69, 9.17) is 0 Å². The highest BCUT2D eigenvalue weighted by molar-refractivity contribution is 7.99. The molecule has 1 aliphatic heterocycles. The molecule has 1 atom stereocenters. The van der Waals surface area contributed by atoms with Crippen LogP contribution in [0.4, 0.5) is 5.82 Å². The van der Waals surface area contributed by atoms with Gasteiger partial charge in [-0.2, -0.15) is 11.8 Å². The summed E-state index contributed by atoms with van der Waals surface area (Å²) in [6.07, 6.45) is 5.35. The van der Waals surface area contributed by atoms with Crippen LogP contribution in [0, 0.1) is 5.92 Å². The first-order valence-electron chi connectivity index (χ1n) is 6.71. The number of carbonyl (C=O) groups excluding carboxylic acids is 1. The number of hydrogen-bond acceptors (Lipinski definition) is 5. The fourth-order valence-corrected chi connectivity index (χ4v) is 3.15. The minimum atomic E-state index is -0.133. The highest BCUT2D eigenvalue weighted by Crippen LogP contribution is 2.22. The number of rotatable bonds is 6. The Labute approximate surface area is 118 Å². The van der Waals surface area contributed by atoms with E-state index in [9.17, 15) is 4.79 Å². The zero-order chi connectivity index (χ0) is 13.5. The average molecular weight is 280 g/mol. The van der Waals surface area contributed by atoms with Gasteiger partial charge in [-0.15, -0.1) is 0 Å². The second kappa shape index (κ2) is 7.33. The molecule has 2 N–H and O–H groups in total. The van der Waals surface area contributed by atoms with E-state index in [2.05, 4.69) is 27.5 Å². The van der Waals surface area contributed by atoms with E-state index in [-0.39, 0.29) is 5.91 Å². The van der Waals surface area contributed by atoms with Crippen molar-refractivity contribution in [3.05, 3.63) is 18.1 Å². The van der Waals surface area contributed by atoms with Crippen LogP contribution in [0.5, 0.6) is 0 Å². The fraction of sp³-hybridized carbons (Fsp3) is 0.615. The lowest BCUT2D eigenvalue weighted by Gasteiger charge is -2.09. The van der Waals surface area contributed by atoms with Gasteiger partial charge >= 0.3 is 0 Å². The summed E-state index contributed by atoms with van der Waals surface area (Å²) in [6, 6.07) is 0. The van der Waals surface area contributed by atoms with Crippen molar-refractivity contribution >= 4 is 23.5 Å². The summed E-state index contributed by atoms with van der Waals surface area (Å²) < 4.78 is 0. The van der Waals surface area contributed by atoms with Crippen LogP contribution in [0.25, 0.3) is 0 Å². The summed E-state index contributed by atoms with van der Waals surface area (Å²) in [7, 11) is 0. The molecule has 1 amide bonds. The van der Waals surface area contributed by atoms with E-state index >= 15 is 0 Å². The van der Waals surface area contributed by atoms with Gasteiger partial charge in [-0.1, -0.05) is 6.92 Å². The smallest absolute Gasteiger partial charge is 0.271 e. The maximum Gasteiger partial charge on any atom is 0.271 e. The normalized spacial score (nSPS) is 18.3. The monoisotopic (exact) mass is 280 g/mol. The Morgan fingerprint density at radius 1 is 1.47 bits per heavy atom. The largest absolute Gasteiger partial charge is 0.369 e. The first-order chi connectivity index (χ1) is 9.29. The standard InChI is InChI=1S/C13H20N4OS/c1-2-4-14-12-8-15-11(7-16-12)13(18)17-6-10-3-5-19-9-10/h7-8,10H,2-6,9H2,1H3,(H,14,16)(H,17,18). The minimum absolute atomic E-state index is 0.133. The Kier molecular flexibility index (Phi) is 5.44. The third-order valence-electron chi connectivity index (χ3n) is 3.02. The second-order valence-electron chi connectivity index (χ2n) is 4.65. The van der Waals surface area contributed by atoms with Gasteiger partial charge in [0.2, 0.25) is 0 Å². The van der Waals surface area contributed by atoms with Crippen LogP contribution in [-0.2, 0) is 0 Å². The molecule has 1 saturated heterocycles. The molecule has 2 heterocycles. The Balaban J connectivity index is 1.81. The molecule has 1 aliphatic rings. The average Bonchev–Trinajstić information content (AvgIpc) is 2.96. The van der Waals surface area contributed by atoms with Crippen LogP contribution in [-0.4, -0.2) is 40.5 Å². The molecule has 1 fully saturated rings. The van der Waals surface area contributed by atoms with Crippen LogP contribution in [0.2, 0.25) is 0 Å². The lowest BCUT2D eigenvalue weighted by molar-refractivity contribution is 0.0943. The number of nitrogens with one attached hydrogen (secondary N) is 2. The zero-order valence-corrected chi connectivity index (χ0v) is 12.0. The molecule has 2 rings (SSSR count). The topological polar surface area (TPSA) is 66.9 Å². The van der Waals surface area contributed by atoms with Crippen molar-refractivity contribution in [1.82, 2.24) is 15.3 Å². The molecule has 0 spiro atoms. The molecule has 19 heavy (non-hydrogen) atoms. The highest BCUT2D eigenvalue weighted by atomic mass is 32.2. The van der Waals surface area contributed by atoms with Crippen LogP contribution in [0.1, 0.15) is 30.3 Å². The third kappa shape index (κ3) is 4.38. The summed E-state index contributed by atoms with van der Waals surface area (Å²) in [5.74, 6) is 3.54. The Morgan fingerprint density at radius 3 is 3.00 bits per heavy atom. The van der Waals surface area contributed by atoms with E-state index in [1.807, 2.05) is 11.8 Å². The van der Waals surface area contributed by atoms with E-state index in [1.54, 1.807) is 6.20 Å². The Morgan fingerprint density at radius 2 is 2.37 bits per heavy atom. The molecular formula is C13H20N4OS. The summed E-state index contributed by atoms with van der Waals surface area (Å²) >= 11 is 1.95. The van der Waals surface area contributed by atoms with Gasteiger partial charge in [-0.25, -0.2) is 9.97 Å². The number of hydrogen-bond donors (Lipinski definition) is 2. The van der Waals surface area contributed by atoms with E-state index in [1.165, 1.54) is 18.4 Å². The van der Waals surface area contributed by atoms with Crippen LogP contribution < -0.4 is 10.6 Å². The summed E-state index contributed by atoms with van der Waals surface area (Å²) in [5, 5.41) is 6.06. The number of anilines is 1. The van der Waals surface area contributed by atoms with Gasteiger partial charge in [-0.05, 0) is 30.3 Å². The van der Waals surface area contributed by atoms with Crippen LogP contribution in [0.3, 0.4) is 0 Å². The van der Waals surface area contributed by atoms with Crippen molar-refractivity contribution in [2.45, 2.75) is 19.8 Å². The first kappa shape index (κ1) is 14.1. The molecule has 0 aromatic carbocycles. The van der Waals surface area contributed by atoms with E-state index < -0.39 is 0 Å². The van der Waals surface area contributed by atoms with Crippen molar-refractivity contribution in [2.75, 3.05) is 29.9 Å². The highest BCUT2D eigenvalue weighted by Gasteiger charge is 2.17. The molecule has 0 saturated carbocycles. The molecule has 5 nitrogen and oxygen atoms in total. The summed E-state index contributed by atoms with van der Waals surface area (Å²) in [5.41, 5.74) is 0.382. The van der Waals surface area contributed by atoms with Gasteiger partial charge < -0.3 is 10.6 Å². The molecule has 0 aliphatic carbocycles.